The summed E-state index contributed by atoms with van der Waals surface area (Å²) in [4.78, 5) is 76.1. The van der Waals surface area contributed by atoms with Crippen LogP contribution in [0.4, 0.5) is 0 Å². The third kappa shape index (κ3) is 15.1. The molecule has 0 saturated heterocycles. The number of carbonyl (C=O) groups excluding carboxylic acids is 6. The summed E-state index contributed by atoms with van der Waals surface area (Å²) in [6, 6.07) is 5.10. The molecule has 0 radical (unpaired) electrons. The Hall–Kier alpha value is -4.74. The first-order valence-corrected chi connectivity index (χ1v) is 26.9. The molecule has 0 bridgehead atoms. The largest absolute Gasteiger partial charge is 0.504 e. The van der Waals surface area contributed by atoms with Gasteiger partial charge in [-0.1, -0.05) is 37.4 Å². The molecule has 1 aliphatic heterocycles. The van der Waals surface area contributed by atoms with E-state index in [1.165, 1.54) is 6.07 Å². The SMILES string of the molecule is CCC(=O)OCCCCOC(=O)C1CCC(C2CCC(C(=O)Oc3cc(O)c(OC(=O)C4CCC(C5CCC(C(=O)OCCCCOC(=O)CC)CC5)CC4)c4c3SC(=C(C#N)C#N)S4)CC2)CC1. The Bertz CT molecular complexity index is 2080. The predicted octanol–water partition coefficient (Wildman–Crippen LogP) is 10.4. The van der Waals surface area contributed by atoms with Crippen molar-refractivity contribution in [1.29, 1.82) is 10.5 Å². The zero-order chi connectivity index (χ0) is 49.3. The molecule has 0 unspecified atom stereocenters. The number of hydrogen-bond donors (Lipinski definition) is 1. The number of nitrogens with zero attached hydrogens (tertiary/aromatic N) is 2. The lowest BCUT2D eigenvalue weighted by molar-refractivity contribution is -0.151. The van der Waals surface area contributed by atoms with Crippen molar-refractivity contribution in [3.05, 3.63) is 15.9 Å². The highest BCUT2D eigenvalue weighted by Gasteiger charge is 2.39. The van der Waals surface area contributed by atoms with Crippen molar-refractivity contribution >= 4 is 59.3 Å². The molecule has 0 amide bonds. The Balaban J connectivity index is 0.951. The highest BCUT2D eigenvalue weighted by Crippen LogP contribution is 2.61. The molecule has 0 atom stereocenters. The lowest BCUT2D eigenvalue weighted by Crippen LogP contribution is -2.32. The van der Waals surface area contributed by atoms with E-state index in [0.29, 0.717) is 128 Å². The van der Waals surface area contributed by atoms with Crippen LogP contribution in [-0.2, 0) is 47.7 Å². The molecular weight excluding hydrogens is 925 g/mol. The molecular formula is C52H68N2O13S2. The smallest absolute Gasteiger partial charge is 0.314 e. The normalized spacial score (nSPS) is 25.4. The molecule has 17 heteroatoms. The van der Waals surface area contributed by atoms with Gasteiger partial charge in [0.05, 0.1) is 64.1 Å². The molecule has 0 aromatic heterocycles. The van der Waals surface area contributed by atoms with Crippen molar-refractivity contribution in [3.8, 4) is 29.4 Å². The first kappa shape index (κ1) is 53.6. The Morgan fingerprint density at radius 2 is 0.870 bits per heavy atom. The maximum absolute atomic E-state index is 13.7. The van der Waals surface area contributed by atoms with Gasteiger partial charge in [-0.3, -0.25) is 28.8 Å². The van der Waals surface area contributed by atoms with Crippen LogP contribution in [0.15, 0.2) is 25.7 Å². The monoisotopic (exact) mass is 992 g/mol. The van der Waals surface area contributed by atoms with E-state index in [-0.39, 0.29) is 70.4 Å². The van der Waals surface area contributed by atoms with Crippen LogP contribution in [0, 0.1) is 70.0 Å². The van der Waals surface area contributed by atoms with Gasteiger partial charge in [0.2, 0.25) is 0 Å². The highest BCUT2D eigenvalue weighted by atomic mass is 32.2. The highest BCUT2D eigenvalue weighted by molar-refractivity contribution is 8.24. The number of unbranched alkanes of at least 4 members (excludes halogenated alkanes) is 2. The number of fused-ring (bicyclic) bond motifs is 1. The fourth-order valence-electron chi connectivity index (χ4n) is 10.6. The summed E-state index contributed by atoms with van der Waals surface area (Å²) in [7, 11) is 0. The van der Waals surface area contributed by atoms with E-state index in [1.54, 1.807) is 13.8 Å². The second kappa shape index (κ2) is 27.0. The van der Waals surface area contributed by atoms with E-state index in [4.69, 9.17) is 28.4 Å². The van der Waals surface area contributed by atoms with E-state index in [9.17, 15) is 44.4 Å². The summed E-state index contributed by atoms with van der Waals surface area (Å²) in [5.74, 6) is -1.23. The number of benzene rings is 1. The number of esters is 6. The maximum Gasteiger partial charge on any atom is 0.314 e. The molecule has 4 saturated carbocycles. The third-order valence-electron chi connectivity index (χ3n) is 14.8. The van der Waals surface area contributed by atoms with Crippen molar-refractivity contribution in [3.63, 3.8) is 0 Å². The molecule has 1 aromatic carbocycles. The second-order valence-electron chi connectivity index (χ2n) is 19.2. The average Bonchev–Trinajstić information content (AvgIpc) is 3.82. The number of phenols is 1. The molecule has 1 N–H and O–H groups in total. The van der Waals surface area contributed by atoms with Crippen molar-refractivity contribution in [2.75, 3.05) is 26.4 Å². The van der Waals surface area contributed by atoms with E-state index in [1.807, 2.05) is 12.1 Å². The minimum atomic E-state index is -0.473. The number of carbonyl (C=O) groups is 6. The minimum absolute atomic E-state index is 0.0810. The molecule has 5 aliphatic rings. The van der Waals surface area contributed by atoms with Gasteiger partial charge in [0.1, 0.15) is 23.5 Å². The Morgan fingerprint density at radius 1 is 0.522 bits per heavy atom. The van der Waals surface area contributed by atoms with Crippen LogP contribution >= 0.6 is 23.5 Å². The Morgan fingerprint density at radius 3 is 1.25 bits per heavy atom. The van der Waals surface area contributed by atoms with Crippen LogP contribution < -0.4 is 9.47 Å². The van der Waals surface area contributed by atoms with E-state index in [2.05, 4.69) is 0 Å². The number of phenolic OH excluding ortho intramolecular Hbond substituents is 1. The Kier molecular flexibility index (Phi) is 21.0. The summed E-state index contributed by atoms with van der Waals surface area (Å²) >= 11 is 2.11. The molecule has 0 spiro atoms. The number of nitriles is 2. The van der Waals surface area contributed by atoms with Gasteiger partial charge in [-0.25, -0.2) is 0 Å². The first-order chi connectivity index (χ1) is 33.4. The first-order valence-electron chi connectivity index (χ1n) is 25.3. The maximum atomic E-state index is 13.7. The summed E-state index contributed by atoms with van der Waals surface area (Å²) in [5.41, 5.74) is -0.143. The van der Waals surface area contributed by atoms with Crippen LogP contribution in [0.5, 0.6) is 17.2 Å². The summed E-state index contributed by atoms with van der Waals surface area (Å²) in [6.45, 7) is 4.79. The van der Waals surface area contributed by atoms with Gasteiger partial charge in [0, 0.05) is 18.9 Å². The van der Waals surface area contributed by atoms with Gasteiger partial charge in [0.15, 0.2) is 11.5 Å². The van der Waals surface area contributed by atoms with Gasteiger partial charge in [-0.05, 0) is 152 Å². The van der Waals surface area contributed by atoms with E-state index < -0.39 is 11.9 Å². The second-order valence-corrected chi connectivity index (χ2v) is 21.5. The molecule has 6 rings (SSSR count). The zero-order valence-electron chi connectivity index (χ0n) is 40.1. The van der Waals surface area contributed by atoms with Crippen molar-refractivity contribution in [2.45, 2.75) is 165 Å². The quantitative estimate of drug-likeness (QED) is 0.0421. The van der Waals surface area contributed by atoms with Gasteiger partial charge in [-0.15, -0.1) is 0 Å². The fraction of sp³-hybridized carbons (Fsp3) is 0.692. The molecule has 376 valence electrons. The minimum Gasteiger partial charge on any atom is -0.504 e. The van der Waals surface area contributed by atoms with Crippen LogP contribution in [-0.4, -0.2) is 67.3 Å². The van der Waals surface area contributed by atoms with Crippen LogP contribution in [0.1, 0.15) is 155 Å². The molecule has 1 aromatic rings. The van der Waals surface area contributed by atoms with Crippen molar-refractivity contribution < 1.29 is 62.3 Å². The molecule has 15 nitrogen and oxygen atoms in total. The average molecular weight is 993 g/mol. The van der Waals surface area contributed by atoms with E-state index in [0.717, 1.165) is 101 Å². The standard InChI is InChI=1S/C52H68N2O13S2/c1-3-43(56)62-25-5-7-27-64-48(58)36-17-9-32(10-18-36)34-13-21-38(22-14-34)50(60)66-42-29-41(55)45(47-46(42)68-52(69-47)40(30-53)31-54)67-51(61)39-23-15-35(16-24-39)33-11-19-37(20-12-33)49(59)65-28-8-6-26-63-44(57)4-2/h29,32-39,55H,3-28H2,1-2H3. The Labute approximate surface area is 414 Å². The van der Waals surface area contributed by atoms with E-state index >= 15 is 0 Å². The van der Waals surface area contributed by atoms with Crippen LogP contribution in [0.25, 0.3) is 0 Å². The van der Waals surface area contributed by atoms with Crippen molar-refractivity contribution in [1.82, 2.24) is 0 Å². The predicted molar refractivity (Wildman–Crippen MR) is 254 cm³/mol. The lowest BCUT2D eigenvalue weighted by atomic mass is 9.69. The van der Waals surface area contributed by atoms with Gasteiger partial charge >= 0.3 is 35.8 Å². The number of allylic oxidation sites excluding steroid dienone is 1. The molecule has 4 aliphatic carbocycles. The summed E-state index contributed by atoms with van der Waals surface area (Å²) in [6.07, 6.45) is 16.0. The molecule has 69 heavy (non-hydrogen) atoms. The summed E-state index contributed by atoms with van der Waals surface area (Å²) < 4.78 is 33.5. The van der Waals surface area contributed by atoms with Gasteiger partial charge in [0.25, 0.3) is 0 Å². The molecule has 4 fully saturated rings. The molecule has 1 heterocycles. The number of rotatable bonds is 20. The lowest BCUT2D eigenvalue weighted by Gasteiger charge is -2.37. The number of ether oxygens (including phenoxy) is 6. The fourth-order valence-corrected chi connectivity index (χ4v) is 13.1. The topological polar surface area (TPSA) is 226 Å². The third-order valence-corrected chi connectivity index (χ3v) is 17.4. The van der Waals surface area contributed by atoms with Crippen LogP contribution in [0.2, 0.25) is 0 Å². The van der Waals surface area contributed by atoms with Gasteiger partial charge < -0.3 is 33.5 Å². The van der Waals surface area contributed by atoms with Crippen molar-refractivity contribution in [2.24, 2.45) is 47.3 Å². The summed E-state index contributed by atoms with van der Waals surface area (Å²) in [5, 5.41) is 30.8. The van der Waals surface area contributed by atoms with Gasteiger partial charge in [-0.2, -0.15) is 10.5 Å². The number of aromatic hydroxyl groups is 1. The number of hydrogen-bond acceptors (Lipinski definition) is 17. The zero-order valence-corrected chi connectivity index (χ0v) is 41.8. The van der Waals surface area contributed by atoms with Crippen LogP contribution in [0.3, 0.4) is 0 Å². The number of thioether (sulfide) groups is 2.